The van der Waals surface area contributed by atoms with Crippen LogP contribution < -0.4 is 10.1 Å². The SMILES string of the molecule is Cc1ccccc1OCC(=O)Nc1nnc(-c2ccco2)o1. The molecule has 7 nitrogen and oxygen atoms in total. The molecule has 1 aromatic carbocycles. The highest BCUT2D eigenvalue weighted by molar-refractivity contribution is 5.89. The quantitative estimate of drug-likeness (QED) is 0.779. The molecule has 1 amide bonds. The van der Waals surface area contributed by atoms with E-state index in [0.717, 1.165) is 5.56 Å². The van der Waals surface area contributed by atoms with Crippen LogP contribution in [0.5, 0.6) is 5.75 Å². The van der Waals surface area contributed by atoms with E-state index in [-0.39, 0.29) is 18.5 Å². The van der Waals surface area contributed by atoms with Gasteiger partial charge in [-0.3, -0.25) is 10.1 Å². The lowest BCUT2D eigenvalue weighted by Gasteiger charge is -2.07. The summed E-state index contributed by atoms with van der Waals surface area (Å²) in [4.78, 5) is 11.8. The summed E-state index contributed by atoms with van der Waals surface area (Å²) >= 11 is 0. The van der Waals surface area contributed by atoms with Crippen molar-refractivity contribution in [2.45, 2.75) is 6.92 Å². The summed E-state index contributed by atoms with van der Waals surface area (Å²) in [7, 11) is 0. The van der Waals surface area contributed by atoms with Gasteiger partial charge in [-0.25, -0.2) is 0 Å². The molecule has 0 aliphatic rings. The van der Waals surface area contributed by atoms with Crippen LogP contribution in [0, 0.1) is 6.92 Å². The maximum absolute atomic E-state index is 11.8. The van der Waals surface area contributed by atoms with Crippen molar-refractivity contribution in [3.05, 3.63) is 48.2 Å². The number of aromatic nitrogens is 2. The Morgan fingerprint density at radius 3 is 2.86 bits per heavy atom. The van der Waals surface area contributed by atoms with E-state index < -0.39 is 5.91 Å². The monoisotopic (exact) mass is 299 g/mol. The third-order valence-electron chi connectivity index (χ3n) is 2.86. The van der Waals surface area contributed by atoms with E-state index in [2.05, 4.69) is 15.5 Å². The van der Waals surface area contributed by atoms with Gasteiger partial charge in [-0.15, -0.1) is 5.10 Å². The number of rotatable bonds is 5. The van der Waals surface area contributed by atoms with Gasteiger partial charge in [0.15, 0.2) is 12.4 Å². The van der Waals surface area contributed by atoms with Gasteiger partial charge in [0.25, 0.3) is 11.8 Å². The molecule has 2 aromatic heterocycles. The second-order valence-electron chi connectivity index (χ2n) is 4.49. The molecule has 0 unspecified atom stereocenters. The number of carbonyl (C=O) groups excluding carboxylic acids is 1. The van der Waals surface area contributed by atoms with Crippen LogP contribution in [-0.4, -0.2) is 22.7 Å². The summed E-state index contributed by atoms with van der Waals surface area (Å²) in [6.45, 7) is 1.75. The highest BCUT2D eigenvalue weighted by atomic mass is 16.5. The zero-order chi connectivity index (χ0) is 15.4. The fourth-order valence-corrected chi connectivity index (χ4v) is 1.79. The third kappa shape index (κ3) is 3.14. The van der Waals surface area contributed by atoms with Gasteiger partial charge in [-0.05, 0) is 30.7 Å². The minimum Gasteiger partial charge on any atom is -0.483 e. The number of nitrogens with zero attached hydrogens (tertiary/aromatic N) is 2. The average molecular weight is 299 g/mol. The van der Waals surface area contributed by atoms with Gasteiger partial charge < -0.3 is 13.6 Å². The van der Waals surface area contributed by atoms with E-state index in [0.29, 0.717) is 11.5 Å². The van der Waals surface area contributed by atoms with Gasteiger partial charge in [-0.1, -0.05) is 23.3 Å². The molecular weight excluding hydrogens is 286 g/mol. The number of hydrogen-bond donors (Lipinski definition) is 1. The van der Waals surface area contributed by atoms with Crippen molar-refractivity contribution >= 4 is 11.9 Å². The standard InChI is InChI=1S/C15H13N3O4/c1-10-5-2-3-6-11(10)21-9-13(19)16-15-18-17-14(22-15)12-7-4-8-20-12/h2-8H,9H2,1H3,(H,16,18,19). The first-order valence-corrected chi connectivity index (χ1v) is 6.58. The lowest BCUT2D eigenvalue weighted by atomic mass is 10.2. The zero-order valence-corrected chi connectivity index (χ0v) is 11.8. The Morgan fingerprint density at radius 2 is 2.09 bits per heavy atom. The summed E-state index contributed by atoms with van der Waals surface area (Å²) in [5.74, 6) is 0.890. The van der Waals surface area contributed by atoms with Crippen LogP contribution in [-0.2, 0) is 4.79 Å². The molecule has 2 heterocycles. The van der Waals surface area contributed by atoms with Crippen molar-refractivity contribution in [2.75, 3.05) is 11.9 Å². The lowest BCUT2D eigenvalue weighted by molar-refractivity contribution is -0.118. The second kappa shape index (κ2) is 6.13. The first kappa shape index (κ1) is 13.9. The topological polar surface area (TPSA) is 90.4 Å². The Morgan fingerprint density at radius 1 is 1.23 bits per heavy atom. The Bertz CT molecular complexity index is 765. The van der Waals surface area contributed by atoms with E-state index in [1.165, 1.54) is 6.26 Å². The van der Waals surface area contributed by atoms with Gasteiger partial charge in [0.1, 0.15) is 5.75 Å². The van der Waals surface area contributed by atoms with Crippen LogP contribution in [0.1, 0.15) is 5.56 Å². The van der Waals surface area contributed by atoms with Crippen molar-refractivity contribution in [2.24, 2.45) is 0 Å². The molecule has 0 radical (unpaired) electrons. The van der Waals surface area contributed by atoms with Gasteiger partial charge >= 0.3 is 6.01 Å². The molecule has 7 heteroatoms. The van der Waals surface area contributed by atoms with Crippen molar-refractivity contribution < 1.29 is 18.4 Å². The molecular formula is C15H13N3O4. The molecule has 3 aromatic rings. The number of anilines is 1. The minimum absolute atomic E-state index is 0.00946. The Hall–Kier alpha value is -3.09. The third-order valence-corrected chi connectivity index (χ3v) is 2.86. The highest BCUT2D eigenvalue weighted by Crippen LogP contribution is 2.20. The second-order valence-corrected chi connectivity index (χ2v) is 4.49. The van der Waals surface area contributed by atoms with Crippen LogP contribution in [0.3, 0.4) is 0 Å². The van der Waals surface area contributed by atoms with Gasteiger partial charge in [0.05, 0.1) is 6.26 Å². The van der Waals surface area contributed by atoms with Crippen LogP contribution in [0.4, 0.5) is 6.01 Å². The predicted octanol–water partition coefficient (Wildman–Crippen LogP) is 2.66. The van der Waals surface area contributed by atoms with Crippen LogP contribution >= 0.6 is 0 Å². The van der Waals surface area contributed by atoms with Crippen LogP contribution in [0.15, 0.2) is 51.5 Å². The van der Waals surface area contributed by atoms with E-state index in [1.54, 1.807) is 18.2 Å². The lowest BCUT2D eigenvalue weighted by Crippen LogP contribution is -2.20. The molecule has 0 aliphatic heterocycles. The Balaban J connectivity index is 1.57. The average Bonchev–Trinajstić information content (AvgIpc) is 3.17. The maximum atomic E-state index is 11.8. The van der Waals surface area contributed by atoms with Crippen molar-refractivity contribution in [3.8, 4) is 17.4 Å². The molecule has 0 spiro atoms. The molecule has 0 atom stereocenters. The number of aryl methyl sites for hydroxylation is 1. The molecule has 22 heavy (non-hydrogen) atoms. The zero-order valence-electron chi connectivity index (χ0n) is 11.8. The Kier molecular flexibility index (Phi) is 3.86. The smallest absolute Gasteiger partial charge is 0.322 e. The summed E-state index contributed by atoms with van der Waals surface area (Å²) in [5, 5.41) is 9.97. The number of para-hydroxylation sites is 1. The molecule has 0 bridgehead atoms. The number of hydrogen-bond acceptors (Lipinski definition) is 6. The first-order valence-electron chi connectivity index (χ1n) is 6.58. The largest absolute Gasteiger partial charge is 0.483 e. The van der Waals surface area contributed by atoms with E-state index in [4.69, 9.17) is 13.6 Å². The highest BCUT2D eigenvalue weighted by Gasteiger charge is 2.13. The van der Waals surface area contributed by atoms with E-state index >= 15 is 0 Å². The van der Waals surface area contributed by atoms with E-state index in [9.17, 15) is 4.79 Å². The normalized spacial score (nSPS) is 10.4. The molecule has 0 aliphatic carbocycles. The summed E-state index contributed by atoms with van der Waals surface area (Å²) in [6, 6.07) is 10.8. The molecule has 0 saturated heterocycles. The molecule has 0 saturated carbocycles. The molecule has 3 rings (SSSR count). The molecule has 0 fully saturated rings. The van der Waals surface area contributed by atoms with E-state index in [1.807, 2.05) is 25.1 Å². The summed E-state index contributed by atoms with van der Waals surface area (Å²) < 4.78 is 15.8. The molecule has 112 valence electrons. The van der Waals surface area contributed by atoms with Gasteiger partial charge in [0, 0.05) is 0 Å². The van der Waals surface area contributed by atoms with Crippen molar-refractivity contribution in [1.29, 1.82) is 0 Å². The number of furan rings is 1. The van der Waals surface area contributed by atoms with Crippen molar-refractivity contribution in [3.63, 3.8) is 0 Å². The molecule has 1 N–H and O–H groups in total. The number of nitrogens with one attached hydrogen (secondary N) is 1. The number of benzene rings is 1. The number of carbonyl (C=O) groups is 1. The fourth-order valence-electron chi connectivity index (χ4n) is 1.79. The first-order chi connectivity index (χ1) is 10.7. The summed E-state index contributed by atoms with van der Waals surface area (Å²) in [6.07, 6.45) is 1.49. The van der Waals surface area contributed by atoms with Gasteiger partial charge in [-0.2, -0.15) is 0 Å². The summed E-state index contributed by atoms with van der Waals surface area (Å²) in [5.41, 5.74) is 0.952. The number of ether oxygens (including phenoxy) is 1. The Labute approximate surface area is 125 Å². The predicted molar refractivity (Wildman–Crippen MR) is 77.3 cm³/mol. The van der Waals surface area contributed by atoms with Crippen molar-refractivity contribution in [1.82, 2.24) is 10.2 Å². The van der Waals surface area contributed by atoms with Crippen LogP contribution in [0.25, 0.3) is 11.7 Å². The fraction of sp³-hybridized carbons (Fsp3) is 0.133. The maximum Gasteiger partial charge on any atom is 0.322 e. The minimum atomic E-state index is -0.391. The van der Waals surface area contributed by atoms with Gasteiger partial charge in [0.2, 0.25) is 0 Å². The number of amides is 1. The van der Waals surface area contributed by atoms with Crippen LogP contribution in [0.2, 0.25) is 0 Å².